The van der Waals surface area contributed by atoms with E-state index in [1.807, 2.05) is 71.4 Å². The van der Waals surface area contributed by atoms with Crippen molar-refractivity contribution in [1.82, 2.24) is 0 Å². The minimum absolute atomic E-state index is 0.0751. The lowest BCUT2D eigenvalue weighted by Gasteiger charge is -2.17. The van der Waals surface area contributed by atoms with Crippen molar-refractivity contribution in [3.8, 4) is 0 Å². The average molecular weight is 400 g/mol. The Morgan fingerprint density at radius 2 is 1.29 bits per heavy atom. The van der Waals surface area contributed by atoms with Crippen LogP contribution in [0.25, 0.3) is 5.76 Å². The van der Waals surface area contributed by atoms with Gasteiger partial charge in [0.05, 0.1) is 0 Å². The lowest BCUT2D eigenvalue weighted by atomic mass is 9.57. The van der Waals surface area contributed by atoms with Gasteiger partial charge in [-0.05, 0) is 32.4 Å². The highest BCUT2D eigenvalue weighted by Gasteiger charge is 2.26. The van der Waals surface area contributed by atoms with Crippen molar-refractivity contribution in [2.24, 2.45) is 0 Å². The number of hydrogen-bond acceptors (Lipinski definition) is 4. The molecule has 0 saturated carbocycles. The van der Waals surface area contributed by atoms with Crippen LogP contribution in [0.4, 0.5) is 0 Å². The van der Waals surface area contributed by atoms with Gasteiger partial charge in [-0.25, -0.2) is 0 Å². The summed E-state index contributed by atoms with van der Waals surface area (Å²) in [7, 11) is 0. The summed E-state index contributed by atoms with van der Waals surface area (Å²) in [5.74, 6) is 0.491. The molecule has 4 aromatic rings. The van der Waals surface area contributed by atoms with Crippen LogP contribution in [-0.2, 0) is 4.65 Å². The normalized spacial score (nSPS) is 11.2. The van der Waals surface area contributed by atoms with Gasteiger partial charge < -0.3 is 4.65 Å². The maximum Gasteiger partial charge on any atom is 0.428 e. The van der Waals surface area contributed by atoms with Crippen molar-refractivity contribution >= 4 is 52.1 Å². The molecule has 0 radical (unpaired) electrons. The number of carbonyl (C=O) groups excluding carboxylic acids is 1. The van der Waals surface area contributed by atoms with E-state index in [0.29, 0.717) is 11.3 Å². The van der Waals surface area contributed by atoms with Gasteiger partial charge >= 0.3 is 6.92 Å². The summed E-state index contributed by atoms with van der Waals surface area (Å²) in [6.45, 7) is -0.257. The fourth-order valence-corrected chi connectivity index (χ4v) is 4.24. The van der Waals surface area contributed by atoms with Crippen LogP contribution in [0.1, 0.15) is 15.9 Å². The Bertz CT molecular complexity index is 1010. The molecule has 0 aliphatic rings. The fraction of sp³-hybridized carbons (Fsp3) is 0. The maximum absolute atomic E-state index is 12.8. The van der Waals surface area contributed by atoms with Crippen LogP contribution in [-0.4, -0.2) is 12.7 Å². The van der Waals surface area contributed by atoms with Gasteiger partial charge in [0.15, 0.2) is 5.78 Å². The number of thiophene rings is 2. The highest BCUT2D eigenvalue weighted by atomic mass is 32.1. The van der Waals surface area contributed by atoms with Gasteiger partial charge in [-0.2, -0.15) is 22.7 Å². The van der Waals surface area contributed by atoms with Crippen LogP contribution in [0.3, 0.4) is 0 Å². The lowest BCUT2D eigenvalue weighted by molar-refractivity contribution is 0.104. The van der Waals surface area contributed by atoms with Crippen LogP contribution >= 0.6 is 22.7 Å². The molecule has 0 amide bonds. The van der Waals surface area contributed by atoms with Gasteiger partial charge in [0.2, 0.25) is 0 Å². The summed E-state index contributed by atoms with van der Waals surface area (Å²) < 4.78 is 6.47. The summed E-state index contributed by atoms with van der Waals surface area (Å²) in [5.41, 5.74) is 3.68. The van der Waals surface area contributed by atoms with Gasteiger partial charge in [-0.15, -0.1) is 0 Å². The first kappa shape index (κ1) is 18.5. The Kier molecular flexibility index (Phi) is 5.85. The number of carbonyl (C=O) groups is 1. The summed E-state index contributed by atoms with van der Waals surface area (Å²) in [6, 6.07) is 23.2. The number of rotatable bonds is 7. The molecule has 0 unspecified atom stereocenters. The van der Waals surface area contributed by atoms with E-state index in [1.165, 1.54) is 0 Å². The Balaban J connectivity index is 1.73. The lowest BCUT2D eigenvalue weighted by Crippen LogP contribution is -2.43. The maximum atomic E-state index is 12.8. The fourth-order valence-electron chi connectivity index (χ4n) is 2.90. The van der Waals surface area contributed by atoms with Crippen molar-refractivity contribution in [2.75, 3.05) is 0 Å². The molecule has 0 fully saturated rings. The second-order valence-corrected chi connectivity index (χ2v) is 7.78. The molecule has 136 valence electrons. The van der Waals surface area contributed by atoms with Crippen LogP contribution < -0.4 is 10.9 Å². The van der Waals surface area contributed by atoms with E-state index in [4.69, 9.17) is 4.65 Å². The van der Waals surface area contributed by atoms with Crippen LogP contribution in [0, 0.1) is 0 Å². The molecular weight excluding hydrogens is 383 g/mol. The summed E-state index contributed by atoms with van der Waals surface area (Å²) in [5, 5.41) is 8.26. The van der Waals surface area contributed by atoms with Crippen molar-refractivity contribution in [3.05, 3.63) is 112 Å². The highest BCUT2D eigenvalue weighted by Crippen LogP contribution is 2.19. The molecule has 5 heteroatoms. The molecule has 2 heterocycles. The summed E-state index contributed by atoms with van der Waals surface area (Å²) >= 11 is 3.27. The molecular formula is C23H17BO2S2. The summed E-state index contributed by atoms with van der Waals surface area (Å²) in [6.07, 6.45) is 1.59. The molecule has 2 aromatic heterocycles. The minimum atomic E-state index is -0.257. The monoisotopic (exact) mass is 400 g/mol. The molecule has 0 spiro atoms. The zero-order valence-electron chi connectivity index (χ0n) is 15.0. The molecule has 0 N–H and O–H groups in total. The van der Waals surface area contributed by atoms with Gasteiger partial charge in [-0.3, -0.25) is 4.79 Å². The minimum Gasteiger partial charge on any atom is -0.551 e. The second-order valence-electron chi connectivity index (χ2n) is 6.22. The topological polar surface area (TPSA) is 26.3 Å². The smallest absolute Gasteiger partial charge is 0.428 e. The van der Waals surface area contributed by atoms with Crippen LogP contribution in [0.5, 0.6) is 0 Å². The quantitative estimate of drug-likeness (QED) is 0.192. The van der Waals surface area contributed by atoms with Gasteiger partial charge in [0.1, 0.15) is 5.76 Å². The van der Waals surface area contributed by atoms with Crippen molar-refractivity contribution in [3.63, 3.8) is 0 Å². The zero-order chi connectivity index (χ0) is 19.2. The molecule has 28 heavy (non-hydrogen) atoms. The van der Waals surface area contributed by atoms with E-state index in [2.05, 4.69) is 22.9 Å². The van der Waals surface area contributed by atoms with Gasteiger partial charge in [-0.1, -0.05) is 72.8 Å². The zero-order valence-corrected chi connectivity index (χ0v) is 16.7. The molecule has 4 rings (SSSR count). The van der Waals surface area contributed by atoms with Crippen molar-refractivity contribution in [1.29, 1.82) is 0 Å². The van der Waals surface area contributed by atoms with Crippen LogP contribution in [0.15, 0.2) is 100 Å². The van der Waals surface area contributed by atoms with Crippen molar-refractivity contribution in [2.45, 2.75) is 0 Å². The molecule has 0 aliphatic carbocycles. The number of allylic oxidation sites excluding steroid dienone is 1. The third kappa shape index (κ3) is 4.33. The molecule has 0 bridgehead atoms. The van der Waals surface area contributed by atoms with Crippen molar-refractivity contribution < 1.29 is 9.45 Å². The highest BCUT2D eigenvalue weighted by molar-refractivity contribution is 7.11. The largest absolute Gasteiger partial charge is 0.551 e. The Morgan fingerprint density at radius 1 is 0.750 bits per heavy atom. The third-order valence-electron chi connectivity index (χ3n) is 4.32. The SMILES string of the molecule is O=C(/C=C(\OB(c1ccsc1)c1ccsc1)c1ccccc1)c1ccccc1. The van der Waals surface area contributed by atoms with Gasteiger partial charge in [0.25, 0.3) is 0 Å². The standard InChI is InChI=1S/C23H17BO2S2/c25-22(18-7-3-1-4-8-18)15-23(19-9-5-2-6-10-19)26-24(20-11-13-27-16-20)21-12-14-28-17-21/h1-17H/b23-15-. The third-order valence-corrected chi connectivity index (χ3v) is 5.72. The van der Waals surface area contributed by atoms with E-state index < -0.39 is 0 Å². The molecule has 2 nitrogen and oxygen atoms in total. The first-order chi connectivity index (χ1) is 13.8. The predicted molar refractivity (Wildman–Crippen MR) is 120 cm³/mol. The van der Waals surface area contributed by atoms with Crippen LogP contribution in [0.2, 0.25) is 0 Å². The van der Waals surface area contributed by atoms with E-state index in [1.54, 1.807) is 28.7 Å². The Hall–Kier alpha value is -2.89. The molecule has 0 aliphatic heterocycles. The average Bonchev–Trinajstić information content (AvgIpc) is 3.47. The first-order valence-electron chi connectivity index (χ1n) is 8.88. The molecule has 0 atom stereocenters. The number of benzene rings is 2. The second kappa shape index (κ2) is 8.87. The number of hydrogen-bond donors (Lipinski definition) is 0. The van der Waals surface area contributed by atoms with E-state index in [0.717, 1.165) is 16.5 Å². The Morgan fingerprint density at radius 3 is 1.79 bits per heavy atom. The van der Waals surface area contributed by atoms with E-state index in [9.17, 15) is 4.79 Å². The van der Waals surface area contributed by atoms with Gasteiger partial charge in [0, 0.05) is 17.2 Å². The molecule has 2 aromatic carbocycles. The van der Waals surface area contributed by atoms with E-state index >= 15 is 0 Å². The summed E-state index contributed by atoms with van der Waals surface area (Å²) in [4.78, 5) is 12.8. The van der Waals surface area contributed by atoms with E-state index in [-0.39, 0.29) is 12.7 Å². The number of ketones is 1. The first-order valence-corrected chi connectivity index (χ1v) is 10.8. The predicted octanol–water partition coefficient (Wildman–Crippen LogP) is 4.86. The molecule has 0 saturated heterocycles. The Labute approximate surface area is 172 Å².